The summed E-state index contributed by atoms with van der Waals surface area (Å²) in [5, 5.41) is -0.0452. The Kier molecular flexibility index (Phi) is 3.19. The summed E-state index contributed by atoms with van der Waals surface area (Å²) in [6.45, 7) is 0.835. The number of alkyl halides is 3. The van der Waals surface area contributed by atoms with Gasteiger partial charge in [0.25, 0.3) is 0 Å². The summed E-state index contributed by atoms with van der Waals surface area (Å²) < 4.78 is 44.3. The van der Waals surface area contributed by atoms with Gasteiger partial charge in [-0.25, -0.2) is 4.79 Å². The van der Waals surface area contributed by atoms with Crippen LogP contribution in [0, 0.1) is 0 Å². The summed E-state index contributed by atoms with van der Waals surface area (Å²) in [7, 11) is 1.89. The van der Waals surface area contributed by atoms with Gasteiger partial charge in [-0.05, 0) is 30.9 Å². The molecule has 3 rings (SSSR count). The van der Waals surface area contributed by atoms with Gasteiger partial charge in [-0.15, -0.1) is 0 Å². The topological polar surface area (TPSA) is 33.5 Å². The lowest BCUT2D eigenvalue weighted by Crippen LogP contribution is -2.18. The monoisotopic (exact) mass is 297 g/mol. The minimum absolute atomic E-state index is 0.0117. The van der Waals surface area contributed by atoms with Crippen LogP contribution in [-0.2, 0) is 12.6 Å². The molecule has 1 aliphatic heterocycles. The standard InChI is InChI=1S/C15H14F3NO2/c1-19-5-3-2-4-9-6-10-11(15(16,17)18)7-14(20)21-13(10)8-12(9)19/h6-8H,2-5H2,1H3. The van der Waals surface area contributed by atoms with Crippen LogP contribution in [0.1, 0.15) is 24.0 Å². The number of hydrogen-bond donors (Lipinski definition) is 0. The third kappa shape index (κ3) is 2.50. The second kappa shape index (κ2) is 4.79. The van der Waals surface area contributed by atoms with Gasteiger partial charge < -0.3 is 9.32 Å². The average Bonchev–Trinajstić information content (AvgIpc) is 2.57. The highest BCUT2D eigenvalue weighted by atomic mass is 19.4. The fourth-order valence-corrected chi connectivity index (χ4v) is 2.82. The maximum Gasteiger partial charge on any atom is 0.417 e. The number of anilines is 1. The first-order valence-electron chi connectivity index (χ1n) is 6.75. The largest absolute Gasteiger partial charge is 0.423 e. The molecule has 6 heteroatoms. The van der Waals surface area contributed by atoms with E-state index in [2.05, 4.69) is 0 Å². The summed E-state index contributed by atoms with van der Waals surface area (Å²) in [6, 6.07) is 3.58. The van der Waals surface area contributed by atoms with E-state index in [1.165, 1.54) is 6.07 Å². The fourth-order valence-electron chi connectivity index (χ4n) is 2.82. The van der Waals surface area contributed by atoms with Crippen molar-refractivity contribution in [2.24, 2.45) is 0 Å². The zero-order valence-electron chi connectivity index (χ0n) is 11.5. The number of rotatable bonds is 0. The molecule has 112 valence electrons. The third-order valence-electron chi connectivity index (χ3n) is 3.85. The molecular formula is C15H14F3NO2. The van der Waals surface area contributed by atoms with Crippen molar-refractivity contribution < 1.29 is 17.6 Å². The number of fused-ring (bicyclic) bond motifs is 2. The maximum absolute atomic E-state index is 13.1. The molecule has 0 aliphatic carbocycles. The Morgan fingerprint density at radius 2 is 1.95 bits per heavy atom. The summed E-state index contributed by atoms with van der Waals surface area (Å²) in [4.78, 5) is 13.4. The highest BCUT2D eigenvalue weighted by Gasteiger charge is 2.34. The molecule has 21 heavy (non-hydrogen) atoms. The smallest absolute Gasteiger partial charge is 0.417 e. The molecule has 0 spiro atoms. The molecule has 0 bridgehead atoms. The Morgan fingerprint density at radius 3 is 2.67 bits per heavy atom. The SMILES string of the molecule is CN1CCCCc2cc3c(C(F)(F)F)cc(=O)oc3cc21. The van der Waals surface area contributed by atoms with Crippen molar-refractivity contribution in [3.05, 3.63) is 39.7 Å². The normalized spacial score (nSPS) is 15.9. The molecule has 0 saturated heterocycles. The third-order valence-corrected chi connectivity index (χ3v) is 3.85. The van der Waals surface area contributed by atoms with Gasteiger partial charge in [-0.1, -0.05) is 0 Å². The molecule has 2 aromatic rings. The number of benzene rings is 1. The van der Waals surface area contributed by atoms with Gasteiger partial charge >= 0.3 is 11.8 Å². The second-order valence-corrected chi connectivity index (χ2v) is 5.33. The molecule has 0 atom stereocenters. The molecule has 0 unspecified atom stereocenters. The maximum atomic E-state index is 13.1. The highest BCUT2D eigenvalue weighted by Crippen LogP contribution is 2.37. The van der Waals surface area contributed by atoms with E-state index in [9.17, 15) is 18.0 Å². The molecule has 0 fully saturated rings. The van der Waals surface area contributed by atoms with Crippen LogP contribution < -0.4 is 10.5 Å². The van der Waals surface area contributed by atoms with Gasteiger partial charge in [0.15, 0.2) is 0 Å². The molecular weight excluding hydrogens is 283 g/mol. The van der Waals surface area contributed by atoms with Gasteiger partial charge in [-0.3, -0.25) is 0 Å². The van der Waals surface area contributed by atoms with Crippen LogP contribution >= 0.6 is 0 Å². The molecule has 0 N–H and O–H groups in total. The minimum Gasteiger partial charge on any atom is -0.423 e. The van der Waals surface area contributed by atoms with Crippen LogP contribution in [0.15, 0.2) is 27.4 Å². The fraction of sp³-hybridized carbons (Fsp3) is 0.400. The summed E-state index contributed by atoms with van der Waals surface area (Å²) in [5.74, 6) is 0. The molecule has 2 heterocycles. The molecule has 3 nitrogen and oxygen atoms in total. The average molecular weight is 297 g/mol. The van der Waals surface area contributed by atoms with Crippen LogP contribution in [0.2, 0.25) is 0 Å². The summed E-state index contributed by atoms with van der Waals surface area (Å²) >= 11 is 0. The van der Waals surface area contributed by atoms with Crippen molar-refractivity contribution in [2.45, 2.75) is 25.4 Å². The van der Waals surface area contributed by atoms with Gasteiger partial charge in [0.1, 0.15) is 5.58 Å². The van der Waals surface area contributed by atoms with Crippen molar-refractivity contribution in [1.29, 1.82) is 0 Å². The van der Waals surface area contributed by atoms with Gasteiger partial charge in [0, 0.05) is 36.8 Å². The van der Waals surface area contributed by atoms with Gasteiger partial charge in [0.2, 0.25) is 0 Å². The molecule has 1 aromatic heterocycles. The van der Waals surface area contributed by atoms with Crippen molar-refractivity contribution in [2.75, 3.05) is 18.5 Å². The van der Waals surface area contributed by atoms with E-state index in [0.717, 1.165) is 37.1 Å². The quantitative estimate of drug-likeness (QED) is 0.697. The van der Waals surface area contributed by atoms with Crippen molar-refractivity contribution >= 4 is 16.7 Å². The number of halogens is 3. The van der Waals surface area contributed by atoms with Crippen LogP contribution in [0.25, 0.3) is 11.0 Å². The first kappa shape index (κ1) is 14.0. The first-order valence-corrected chi connectivity index (χ1v) is 6.75. The van der Waals surface area contributed by atoms with Crippen LogP contribution in [0.5, 0.6) is 0 Å². The van der Waals surface area contributed by atoms with E-state index >= 15 is 0 Å². The van der Waals surface area contributed by atoms with Crippen molar-refractivity contribution in [1.82, 2.24) is 0 Å². The van der Waals surface area contributed by atoms with Crippen LogP contribution in [-0.4, -0.2) is 13.6 Å². The van der Waals surface area contributed by atoms with E-state index < -0.39 is 17.4 Å². The Morgan fingerprint density at radius 1 is 1.19 bits per heavy atom. The zero-order valence-corrected chi connectivity index (χ0v) is 11.5. The van der Waals surface area contributed by atoms with Crippen LogP contribution in [0.3, 0.4) is 0 Å². The lowest BCUT2D eigenvalue weighted by molar-refractivity contribution is -0.136. The molecule has 0 saturated carbocycles. The molecule has 1 aliphatic rings. The van der Waals surface area contributed by atoms with Crippen molar-refractivity contribution in [3.63, 3.8) is 0 Å². The minimum atomic E-state index is -4.57. The Balaban J connectivity index is 2.33. The van der Waals surface area contributed by atoms with Gasteiger partial charge in [-0.2, -0.15) is 13.2 Å². The van der Waals surface area contributed by atoms with E-state index in [1.807, 2.05) is 11.9 Å². The van der Waals surface area contributed by atoms with E-state index in [-0.39, 0.29) is 11.0 Å². The van der Waals surface area contributed by atoms with Crippen LogP contribution in [0.4, 0.5) is 18.9 Å². The van der Waals surface area contributed by atoms with Crippen molar-refractivity contribution in [3.8, 4) is 0 Å². The summed E-state index contributed by atoms with van der Waals surface area (Å²) in [5.41, 5.74) is -0.221. The summed E-state index contributed by atoms with van der Waals surface area (Å²) in [6.07, 6.45) is -1.93. The Labute approximate surface area is 119 Å². The van der Waals surface area contributed by atoms with Gasteiger partial charge in [0.05, 0.1) is 5.56 Å². The van der Waals surface area contributed by atoms with E-state index in [1.54, 1.807) is 6.07 Å². The second-order valence-electron chi connectivity index (χ2n) is 5.33. The lowest BCUT2D eigenvalue weighted by atomic mass is 10.0. The number of aryl methyl sites for hydroxylation is 1. The highest BCUT2D eigenvalue weighted by molar-refractivity contribution is 5.86. The first-order chi connectivity index (χ1) is 9.86. The Bertz CT molecular complexity index is 749. The predicted octanol–water partition coefficient (Wildman–Crippen LogP) is 3.58. The van der Waals surface area contributed by atoms with E-state index in [0.29, 0.717) is 6.07 Å². The number of hydrogen-bond acceptors (Lipinski definition) is 3. The Hall–Kier alpha value is -1.98. The predicted molar refractivity (Wildman–Crippen MR) is 73.7 cm³/mol. The van der Waals surface area contributed by atoms with E-state index in [4.69, 9.17) is 4.42 Å². The zero-order chi connectivity index (χ0) is 15.2. The lowest BCUT2D eigenvalue weighted by Gasteiger charge is -2.20. The molecule has 0 radical (unpaired) electrons. The molecule has 0 amide bonds. The number of nitrogens with zero attached hydrogens (tertiary/aromatic N) is 1. The molecule has 1 aromatic carbocycles.